The van der Waals surface area contributed by atoms with Crippen LogP contribution in [0.25, 0.3) is 0 Å². The number of rotatable bonds is 6. The summed E-state index contributed by atoms with van der Waals surface area (Å²) < 4.78 is 13.9. The summed E-state index contributed by atoms with van der Waals surface area (Å²) >= 11 is 1.61. The van der Waals surface area contributed by atoms with Gasteiger partial charge in [0, 0.05) is 36.6 Å². The lowest BCUT2D eigenvalue weighted by atomic mass is 9.91. The summed E-state index contributed by atoms with van der Waals surface area (Å²) in [5, 5.41) is 14.9. The second kappa shape index (κ2) is 7.82. The van der Waals surface area contributed by atoms with Crippen LogP contribution in [0.3, 0.4) is 0 Å². The molecule has 0 radical (unpaired) electrons. The zero-order valence-corrected chi connectivity index (χ0v) is 15.9. The summed E-state index contributed by atoms with van der Waals surface area (Å²) in [5.74, 6) is -0.673. The van der Waals surface area contributed by atoms with Crippen molar-refractivity contribution in [3.05, 3.63) is 51.2 Å². The fourth-order valence-corrected chi connectivity index (χ4v) is 4.11. The largest absolute Gasteiger partial charge is 0.379 e. The quantitative estimate of drug-likeness (QED) is 0.812. The van der Waals surface area contributed by atoms with Crippen LogP contribution < -0.4 is 5.32 Å². The number of amides is 1. The topological polar surface area (TPSA) is 65.5 Å². The minimum absolute atomic E-state index is 0.164. The SMILES string of the molecule is Cc1nc(CNC[C@]2(O)CCCN(Cc3ccccc3F)C2=O)sc1C. The van der Waals surface area contributed by atoms with Crippen molar-refractivity contribution in [1.82, 2.24) is 15.2 Å². The van der Waals surface area contributed by atoms with Crippen molar-refractivity contribution >= 4 is 17.2 Å². The molecule has 7 heteroatoms. The number of aliphatic hydroxyl groups is 1. The number of piperidine rings is 1. The molecule has 1 aromatic carbocycles. The van der Waals surface area contributed by atoms with Crippen LogP contribution in [-0.4, -0.2) is 39.6 Å². The Balaban J connectivity index is 1.61. The Bertz CT molecular complexity index is 775. The van der Waals surface area contributed by atoms with Gasteiger partial charge in [-0.05, 0) is 32.8 Å². The molecule has 1 amide bonds. The normalized spacial score (nSPS) is 20.6. The Morgan fingerprint density at radius 3 is 2.85 bits per heavy atom. The molecule has 0 unspecified atom stereocenters. The van der Waals surface area contributed by atoms with Gasteiger partial charge in [0.15, 0.2) is 5.60 Å². The third kappa shape index (κ3) is 4.11. The molecule has 5 nitrogen and oxygen atoms in total. The molecule has 1 atom stereocenters. The lowest BCUT2D eigenvalue weighted by Crippen LogP contribution is -2.57. The number of aryl methyl sites for hydroxylation is 2. The van der Waals surface area contributed by atoms with Crippen LogP contribution in [0.5, 0.6) is 0 Å². The number of likely N-dealkylation sites (tertiary alicyclic amines) is 1. The summed E-state index contributed by atoms with van der Waals surface area (Å²) in [4.78, 5) is 19.9. The van der Waals surface area contributed by atoms with Crippen LogP contribution in [0.4, 0.5) is 4.39 Å². The average molecular weight is 377 g/mol. The number of aromatic nitrogens is 1. The first-order valence-electron chi connectivity index (χ1n) is 8.78. The molecule has 140 valence electrons. The molecule has 1 fully saturated rings. The van der Waals surface area contributed by atoms with Crippen molar-refractivity contribution in [3.8, 4) is 0 Å². The standard InChI is InChI=1S/C19H24FN3O2S/c1-13-14(2)26-17(22-13)10-21-12-19(25)8-5-9-23(18(19)24)11-15-6-3-4-7-16(15)20/h3-4,6-7,21,25H,5,8-12H2,1-2H3/t19-/m1/s1. The maximum absolute atomic E-state index is 13.9. The van der Waals surface area contributed by atoms with E-state index in [1.165, 1.54) is 10.9 Å². The molecule has 1 saturated heterocycles. The molecule has 0 saturated carbocycles. The van der Waals surface area contributed by atoms with E-state index >= 15 is 0 Å². The highest BCUT2D eigenvalue weighted by Gasteiger charge is 2.41. The second-order valence-electron chi connectivity index (χ2n) is 6.81. The number of thiazole rings is 1. The Morgan fingerprint density at radius 1 is 1.38 bits per heavy atom. The first-order valence-corrected chi connectivity index (χ1v) is 9.59. The molecule has 0 spiro atoms. The van der Waals surface area contributed by atoms with Gasteiger partial charge in [0.25, 0.3) is 5.91 Å². The smallest absolute Gasteiger partial charge is 0.256 e. The van der Waals surface area contributed by atoms with E-state index in [2.05, 4.69) is 10.3 Å². The molecule has 2 aromatic rings. The van der Waals surface area contributed by atoms with Crippen LogP contribution in [0.2, 0.25) is 0 Å². The van der Waals surface area contributed by atoms with Gasteiger partial charge in [0.05, 0.1) is 5.69 Å². The summed E-state index contributed by atoms with van der Waals surface area (Å²) in [6, 6.07) is 6.43. The van der Waals surface area contributed by atoms with Gasteiger partial charge in [0.2, 0.25) is 0 Å². The van der Waals surface area contributed by atoms with Gasteiger partial charge in [-0.15, -0.1) is 11.3 Å². The molecule has 2 N–H and O–H groups in total. The van der Waals surface area contributed by atoms with E-state index < -0.39 is 5.60 Å². The van der Waals surface area contributed by atoms with Crippen molar-refractivity contribution in [1.29, 1.82) is 0 Å². The molecule has 0 aliphatic carbocycles. The van der Waals surface area contributed by atoms with E-state index in [-0.39, 0.29) is 24.8 Å². The number of hydrogen-bond acceptors (Lipinski definition) is 5. The monoisotopic (exact) mass is 377 g/mol. The van der Waals surface area contributed by atoms with Crippen LogP contribution in [0, 0.1) is 19.7 Å². The van der Waals surface area contributed by atoms with Gasteiger partial charge < -0.3 is 15.3 Å². The molecule has 1 aliphatic rings. The lowest BCUT2D eigenvalue weighted by Gasteiger charge is -2.38. The minimum atomic E-state index is -1.45. The minimum Gasteiger partial charge on any atom is -0.379 e. The number of hydrogen-bond donors (Lipinski definition) is 2. The Morgan fingerprint density at radius 2 is 2.15 bits per heavy atom. The molecule has 1 aliphatic heterocycles. The maximum atomic E-state index is 13.9. The van der Waals surface area contributed by atoms with Gasteiger partial charge in [0.1, 0.15) is 10.8 Å². The van der Waals surface area contributed by atoms with Crippen LogP contribution in [0.1, 0.15) is 34.0 Å². The Labute approximate surface area is 156 Å². The summed E-state index contributed by atoms with van der Waals surface area (Å²) in [6.45, 7) is 5.38. The maximum Gasteiger partial charge on any atom is 0.256 e. The van der Waals surface area contributed by atoms with E-state index in [1.807, 2.05) is 13.8 Å². The zero-order valence-electron chi connectivity index (χ0n) is 15.1. The van der Waals surface area contributed by atoms with Crippen LogP contribution >= 0.6 is 11.3 Å². The lowest BCUT2D eigenvalue weighted by molar-refractivity contribution is -0.157. The number of carbonyl (C=O) groups is 1. The first kappa shape index (κ1) is 18.9. The van der Waals surface area contributed by atoms with Crippen LogP contribution in [-0.2, 0) is 17.9 Å². The van der Waals surface area contributed by atoms with E-state index in [0.717, 1.165) is 10.7 Å². The summed E-state index contributed by atoms with van der Waals surface area (Å²) in [7, 11) is 0. The van der Waals surface area contributed by atoms with Crippen molar-refractivity contribution in [2.24, 2.45) is 0 Å². The Hall–Kier alpha value is -1.83. The number of carbonyl (C=O) groups excluding carboxylic acids is 1. The van der Waals surface area contributed by atoms with Gasteiger partial charge in [-0.3, -0.25) is 4.79 Å². The van der Waals surface area contributed by atoms with Crippen molar-refractivity contribution in [3.63, 3.8) is 0 Å². The van der Waals surface area contributed by atoms with Crippen molar-refractivity contribution in [2.45, 2.75) is 45.4 Å². The molecule has 26 heavy (non-hydrogen) atoms. The predicted octanol–water partition coefficient (Wildman–Crippen LogP) is 2.54. The summed E-state index contributed by atoms with van der Waals surface area (Å²) in [6.07, 6.45) is 1.09. The van der Waals surface area contributed by atoms with Gasteiger partial charge in [-0.25, -0.2) is 9.37 Å². The third-order valence-electron chi connectivity index (χ3n) is 4.79. The molecular formula is C19H24FN3O2S. The second-order valence-corrected chi connectivity index (χ2v) is 8.09. The van der Waals surface area contributed by atoms with Crippen molar-refractivity contribution in [2.75, 3.05) is 13.1 Å². The molecule has 1 aromatic heterocycles. The fraction of sp³-hybridized carbons (Fsp3) is 0.474. The van der Waals surface area contributed by atoms with Crippen LogP contribution in [0.15, 0.2) is 24.3 Å². The van der Waals surface area contributed by atoms with E-state index in [0.29, 0.717) is 31.5 Å². The number of halogens is 1. The van der Waals surface area contributed by atoms with Gasteiger partial charge in [-0.2, -0.15) is 0 Å². The van der Waals surface area contributed by atoms with E-state index in [9.17, 15) is 14.3 Å². The third-order valence-corrected chi connectivity index (χ3v) is 5.86. The molecular weight excluding hydrogens is 353 g/mol. The van der Waals surface area contributed by atoms with E-state index in [4.69, 9.17) is 0 Å². The van der Waals surface area contributed by atoms with Crippen molar-refractivity contribution < 1.29 is 14.3 Å². The number of benzene rings is 1. The van der Waals surface area contributed by atoms with Gasteiger partial charge >= 0.3 is 0 Å². The first-order chi connectivity index (χ1) is 12.4. The average Bonchev–Trinajstić information content (AvgIpc) is 2.92. The summed E-state index contributed by atoms with van der Waals surface area (Å²) in [5.41, 5.74) is 0.0207. The number of nitrogens with one attached hydrogen (secondary N) is 1. The highest BCUT2D eigenvalue weighted by atomic mass is 32.1. The molecule has 3 rings (SSSR count). The predicted molar refractivity (Wildman–Crippen MR) is 99.3 cm³/mol. The van der Waals surface area contributed by atoms with Gasteiger partial charge in [-0.1, -0.05) is 18.2 Å². The highest BCUT2D eigenvalue weighted by Crippen LogP contribution is 2.25. The Kier molecular flexibility index (Phi) is 5.70. The fourth-order valence-electron chi connectivity index (χ4n) is 3.20. The molecule has 0 bridgehead atoms. The highest BCUT2D eigenvalue weighted by molar-refractivity contribution is 7.11. The molecule has 2 heterocycles. The van der Waals surface area contributed by atoms with E-state index in [1.54, 1.807) is 34.4 Å². The zero-order chi connectivity index (χ0) is 18.7. The number of nitrogens with zero attached hydrogens (tertiary/aromatic N) is 2.